The van der Waals surface area contributed by atoms with Crippen LogP contribution < -0.4 is 10.1 Å². The second kappa shape index (κ2) is 6.55. The van der Waals surface area contributed by atoms with Gasteiger partial charge in [-0.15, -0.1) is 0 Å². The first-order valence-electron chi connectivity index (χ1n) is 8.41. The summed E-state index contributed by atoms with van der Waals surface area (Å²) >= 11 is 0. The van der Waals surface area contributed by atoms with E-state index in [1.807, 2.05) is 43.5 Å². The zero-order valence-corrected chi connectivity index (χ0v) is 14.3. The van der Waals surface area contributed by atoms with Crippen molar-refractivity contribution in [2.24, 2.45) is 0 Å². The molecule has 25 heavy (non-hydrogen) atoms. The summed E-state index contributed by atoms with van der Waals surface area (Å²) in [6.45, 7) is 2.52. The molecule has 0 amide bonds. The number of aryl methyl sites for hydroxylation is 1. The van der Waals surface area contributed by atoms with E-state index in [2.05, 4.69) is 15.5 Å². The first kappa shape index (κ1) is 15.6. The topological polar surface area (TPSA) is 73.1 Å². The molecule has 1 aromatic carbocycles. The van der Waals surface area contributed by atoms with Crippen LogP contribution in [-0.2, 0) is 6.54 Å². The number of nitrogens with one attached hydrogen (secondary N) is 1. The fourth-order valence-electron chi connectivity index (χ4n) is 2.85. The van der Waals surface area contributed by atoms with Crippen LogP contribution in [0.5, 0.6) is 5.75 Å². The van der Waals surface area contributed by atoms with Crippen molar-refractivity contribution in [3.8, 4) is 17.1 Å². The normalized spacial score (nSPS) is 13.7. The van der Waals surface area contributed by atoms with E-state index in [0.717, 1.165) is 46.9 Å². The molecule has 3 aromatic rings. The maximum absolute atomic E-state index is 5.40. The third kappa shape index (κ3) is 3.33. The first-order valence-corrected chi connectivity index (χ1v) is 8.41. The van der Waals surface area contributed by atoms with Gasteiger partial charge in [0.2, 0.25) is 5.95 Å². The van der Waals surface area contributed by atoms with Gasteiger partial charge in [-0.2, -0.15) is 0 Å². The van der Waals surface area contributed by atoms with E-state index in [1.54, 1.807) is 7.11 Å². The molecule has 1 fully saturated rings. The Balaban J connectivity index is 1.58. The minimum atomic E-state index is 0.482. The second-order valence-corrected chi connectivity index (χ2v) is 6.26. The van der Waals surface area contributed by atoms with Gasteiger partial charge in [-0.05, 0) is 25.8 Å². The molecule has 0 atom stereocenters. The molecule has 0 radical (unpaired) electrons. The van der Waals surface area contributed by atoms with Crippen molar-refractivity contribution >= 4 is 5.95 Å². The van der Waals surface area contributed by atoms with Gasteiger partial charge in [0.15, 0.2) is 5.76 Å². The number of methoxy groups -OCH3 is 1. The van der Waals surface area contributed by atoms with Crippen molar-refractivity contribution in [1.82, 2.24) is 15.1 Å². The Hall–Kier alpha value is -2.89. The lowest BCUT2D eigenvalue weighted by atomic mass is 10.1. The summed E-state index contributed by atoms with van der Waals surface area (Å²) < 4.78 is 10.8. The lowest BCUT2D eigenvalue weighted by molar-refractivity contribution is 0.410. The van der Waals surface area contributed by atoms with Crippen molar-refractivity contribution in [3.63, 3.8) is 0 Å². The number of nitrogens with zero attached hydrogens (tertiary/aromatic N) is 3. The monoisotopic (exact) mass is 336 g/mol. The Labute approximate surface area is 146 Å². The van der Waals surface area contributed by atoms with E-state index in [4.69, 9.17) is 14.2 Å². The van der Waals surface area contributed by atoms with Crippen molar-refractivity contribution < 1.29 is 9.26 Å². The van der Waals surface area contributed by atoms with Crippen molar-refractivity contribution in [2.45, 2.75) is 32.2 Å². The molecule has 1 N–H and O–H groups in total. The largest absolute Gasteiger partial charge is 0.496 e. The molecule has 0 aliphatic heterocycles. The zero-order chi connectivity index (χ0) is 17.2. The van der Waals surface area contributed by atoms with Gasteiger partial charge in [0.1, 0.15) is 5.75 Å². The molecular weight excluding hydrogens is 316 g/mol. The predicted molar refractivity (Wildman–Crippen MR) is 94.6 cm³/mol. The highest BCUT2D eigenvalue weighted by molar-refractivity contribution is 5.62. The molecule has 1 saturated carbocycles. The SMILES string of the molecule is COc1ccccc1CNc1ncc(-c2cc(C)no2)c(C2CC2)n1. The summed E-state index contributed by atoms with van der Waals surface area (Å²) in [6, 6.07) is 9.85. The molecular formula is C19H20N4O2. The Kier molecular flexibility index (Phi) is 4.09. The van der Waals surface area contributed by atoms with Gasteiger partial charge in [0, 0.05) is 30.3 Å². The van der Waals surface area contributed by atoms with Crippen LogP contribution in [0.25, 0.3) is 11.3 Å². The smallest absolute Gasteiger partial charge is 0.223 e. The van der Waals surface area contributed by atoms with Crippen LogP contribution in [0.4, 0.5) is 5.95 Å². The number of para-hydroxylation sites is 1. The Morgan fingerprint density at radius 2 is 2.12 bits per heavy atom. The predicted octanol–water partition coefficient (Wildman–Crippen LogP) is 3.94. The number of hydrogen-bond acceptors (Lipinski definition) is 6. The summed E-state index contributed by atoms with van der Waals surface area (Å²) in [5, 5.41) is 7.27. The summed E-state index contributed by atoms with van der Waals surface area (Å²) in [5.74, 6) is 2.69. The molecule has 2 heterocycles. The maximum atomic E-state index is 5.40. The Morgan fingerprint density at radius 1 is 1.28 bits per heavy atom. The van der Waals surface area contributed by atoms with Crippen LogP contribution in [0.2, 0.25) is 0 Å². The molecule has 0 spiro atoms. The quantitative estimate of drug-likeness (QED) is 0.735. The van der Waals surface area contributed by atoms with E-state index in [1.165, 1.54) is 0 Å². The third-order valence-corrected chi connectivity index (χ3v) is 4.31. The molecule has 0 saturated heterocycles. The van der Waals surface area contributed by atoms with Gasteiger partial charge in [0.05, 0.1) is 24.1 Å². The molecule has 1 aliphatic rings. The maximum Gasteiger partial charge on any atom is 0.223 e. The Morgan fingerprint density at radius 3 is 2.84 bits per heavy atom. The lowest BCUT2D eigenvalue weighted by Crippen LogP contribution is -2.07. The van der Waals surface area contributed by atoms with Gasteiger partial charge in [-0.3, -0.25) is 0 Å². The van der Waals surface area contributed by atoms with Crippen LogP contribution >= 0.6 is 0 Å². The van der Waals surface area contributed by atoms with Gasteiger partial charge < -0.3 is 14.6 Å². The average molecular weight is 336 g/mol. The van der Waals surface area contributed by atoms with Gasteiger partial charge in [-0.25, -0.2) is 9.97 Å². The van der Waals surface area contributed by atoms with Gasteiger partial charge in [-0.1, -0.05) is 23.4 Å². The molecule has 1 aliphatic carbocycles. The number of aromatic nitrogens is 3. The van der Waals surface area contributed by atoms with Crippen molar-refractivity contribution in [3.05, 3.63) is 53.5 Å². The molecule has 4 rings (SSSR count). The highest BCUT2D eigenvalue weighted by Gasteiger charge is 2.30. The minimum Gasteiger partial charge on any atom is -0.496 e. The van der Waals surface area contributed by atoms with Crippen LogP contribution in [-0.4, -0.2) is 22.2 Å². The molecule has 6 nitrogen and oxygen atoms in total. The first-order chi connectivity index (χ1) is 12.2. The number of ether oxygens (including phenoxy) is 1. The summed E-state index contributed by atoms with van der Waals surface area (Å²) in [6.07, 6.45) is 4.14. The van der Waals surface area contributed by atoms with E-state index in [9.17, 15) is 0 Å². The third-order valence-electron chi connectivity index (χ3n) is 4.31. The van der Waals surface area contributed by atoms with Crippen LogP contribution in [0.1, 0.15) is 35.7 Å². The van der Waals surface area contributed by atoms with E-state index >= 15 is 0 Å². The molecule has 128 valence electrons. The van der Waals surface area contributed by atoms with Crippen molar-refractivity contribution in [2.75, 3.05) is 12.4 Å². The number of anilines is 1. The lowest BCUT2D eigenvalue weighted by Gasteiger charge is -2.11. The molecule has 2 aromatic heterocycles. The number of benzene rings is 1. The standard InChI is InChI=1S/C19H20N4O2/c1-12-9-17(25-23-12)15-11-21-19(22-18(15)13-7-8-13)20-10-14-5-3-4-6-16(14)24-2/h3-6,9,11,13H,7-8,10H2,1-2H3,(H,20,21,22). The van der Waals surface area contributed by atoms with E-state index < -0.39 is 0 Å². The van der Waals surface area contributed by atoms with E-state index in [0.29, 0.717) is 18.4 Å². The van der Waals surface area contributed by atoms with Crippen LogP contribution in [0, 0.1) is 6.92 Å². The Bertz CT molecular complexity index is 887. The average Bonchev–Trinajstić information content (AvgIpc) is 3.41. The fourth-order valence-corrected chi connectivity index (χ4v) is 2.85. The van der Waals surface area contributed by atoms with Crippen LogP contribution in [0.15, 0.2) is 41.1 Å². The van der Waals surface area contributed by atoms with Gasteiger partial charge in [0.25, 0.3) is 0 Å². The number of hydrogen-bond donors (Lipinski definition) is 1. The fraction of sp³-hybridized carbons (Fsp3) is 0.316. The molecule has 0 unspecified atom stereocenters. The van der Waals surface area contributed by atoms with Crippen LogP contribution in [0.3, 0.4) is 0 Å². The highest BCUT2D eigenvalue weighted by Crippen LogP contribution is 2.43. The van der Waals surface area contributed by atoms with Crippen molar-refractivity contribution in [1.29, 1.82) is 0 Å². The summed E-state index contributed by atoms with van der Waals surface area (Å²) in [7, 11) is 1.68. The second-order valence-electron chi connectivity index (χ2n) is 6.26. The van der Waals surface area contributed by atoms with Gasteiger partial charge >= 0.3 is 0 Å². The summed E-state index contributed by atoms with van der Waals surface area (Å²) in [4.78, 5) is 9.20. The highest BCUT2D eigenvalue weighted by atomic mass is 16.5. The zero-order valence-electron chi connectivity index (χ0n) is 14.3. The molecule has 0 bridgehead atoms. The number of rotatable bonds is 6. The van der Waals surface area contributed by atoms with E-state index in [-0.39, 0.29) is 0 Å². The molecule has 6 heteroatoms. The summed E-state index contributed by atoms with van der Waals surface area (Å²) in [5.41, 5.74) is 3.89. The minimum absolute atomic E-state index is 0.482.